The molecule has 0 spiro atoms. The number of phosphoric ester groups is 1. The molecule has 0 aliphatic carbocycles. The minimum Gasteiger partial charge on any atom is -0.302 e. The predicted molar refractivity (Wildman–Crippen MR) is 121 cm³/mol. The standard InChI is InChI=1S/C19H34O7P2S/c1-17(2)11-8-6-5-7-9-12-18(3)13-10-14-19(4)15-16-24-27(20,21)25-28(22,23)26-29/h5,7,11,13,15,29H,6,8-10,12,14,16H2,1-4H3,(H,20,21)(H,22,23)/b7-5?,18-13-,19-15-. The van der Waals surface area contributed by atoms with Crippen molar-refractivity contribution in [3.63, 3.8) is 0 Å². The summed E-state index contributed by atoms with van der Waals surface area (Å²) in [6.07, 6.45) is 16.3. The van der Waals surface area contributed by atoms with Crippen LogP contribution < -0.4 is 0 Å². The molecule has 0 rings (SSSR count). The molecule has 2 unspecified atom stereocenters. The van der Waals surface area contributed by atoms with Gasteiger partial charge in [0, 0.05) is 0 Å². The van der Waals surface area contributed by atoms with Crippen LogP contribution in [0.15, 0.2) is 47.1 Å². The molecular weight excluding hydrogens is 434 g/mol. The Morgan fingerprint density at radius 2 is 1.41 bits per heavy atom. The Hall–Kier alpha value is -0.430. The summed E-state index contributed by atoms with van der Waals surface area (Å²) >= 11 is 3.09. The van der Waals surface area contributed by atoms with Crippen molar-refractivity contribution in [1.29, 1.82) is 0 Å². The molecule has 0 aromatic carbocycles. The van der Waals surface area contributed by atoms with Gasteiger partial charge in [-0.2, -0.15) is 4.31 Å². The molecule has 29 heavy (non-hydrogen) atoms. The monoisotopic (exact) mass is 468 g/mol. The zero-order chi connectivity index (χ0) is 22.3. The number of phosphoric acid groups is 2. The molecule has 168 valence electrons. The number of unbranched alkanes of at least 4 members (excludes halogenated alkanes) is 1. The van der Waals surface area contributed by atoms with Crippen LogP contribution >= 0.6 is 28.6 Å². The van der Waals surface area contributed by atoms with Crippen molar-refractivity contribution in [3.05, 3.63) is 47.1 Å². The average Bonchev–Trinajstić information content (AvgIpc) is 2.59. The summed E-state index contributed by atoms with van der Waals surface area (Å²) in [7, 11) is -9.43. The van der Waals surface area contributed by atoms with Crippen LogP contribution in [0.3, 0.4) is 0 Å². The third kappa shape index (κ3) is 18.1. The first-order chi connectivity index (χ1) is 13.5. The van der Waals surface area contributed by atoms with E-state index in [2.05, 4.69) is 70.8 Å². The van der Waals surface area contributed by atoms with E-state index in [-0.39, 0.29) is 6.61 Å². The smallest absolute Gasteiger partial charge is 0.302 e. The molecule has 0 amide bonds. The van der Waals surface area contributed by atoms with Crippen LogP contribution in [0.4, 0.5) is 0 Å². The molecule has 0 radical (unpaired) electrons. The van der Waals surface area contributed by atoms with E-state index >= 15 is 0 Å². The molecule has 0 aliphatic heterocycles. The van der Waals surface area contributed by atoms with Crippen LogP contribution in [0.2, 0.25) is 0 Å². The van der Waals surface area contributed by atoms with Gasteiger partial charge >= 0.3 is 15.6 Å². The van der Waals surface area contributed by atoms with Crippen molar-refractivity contribution in [3.8, 4) is 0 Å². The van der Waals surface area contributed by atoms with E-state index in [1.807, 2.05) is 6.92 Å². The van der Waals surface area contributed by atoms with Gasteiger partial charge in [-0.15, -0.1) is 0 Å². The summed E-state index contributed by atoms with van der Waals surface area (Å²) in [5, 5.41) is 0. The van der Waals surface area contributed by atoms with Crippen molar-refractivity contribution in [2.24, 2.45) is 0 Å². The minimum atomic E-state index is -4.72. The summed E-state index contributed by atoms with van der Waals surface area (Å²) in [5.74, 6) is 0. The van der Waals surface area contributed by atoms with E-state index in [4.69, 9.17) is 4.89 Å². The van der Waals surface area contributed by atoms with Crippen LogP contribution in [0.1, 0.15) is 66.2 Å². The van der Waals surface area contributed by atoms with Crippen molar-refractivity contribution >= 4 is 28.6 Å². The third-order valence-electron chi connectivity index (χ3n) is 3.77. The average molecular weight is 468 g/mol. The van der Waals surface area contributed by atoms with Gasteiger partial charge in [0.2, 0.25) is 0 Å². The van der Waals surface area contributed by atoms with Gasteiger partial charge in [-0.1, -0.05) is 47.1 Å². The molecule has 7 nitrogen and oxygen atoms in total. The van der Waals surface area contributed by atoms with Crippen molar-refractivity contribution in [2.75, 3.05) is 6.61 Å². The summed E-state index contributed by atoms with van der Waals surface area (Å²) < 4.78 is 35.0. The van der Waals surface area contributed by atoms with E-state index in [9.17, 15) is 14.0 Å². The second-order valence-electron chi connectivity index (χ2n) is 6.90. The van der Waals surface area contributed by atoms with Gasteiger partial charge in [0.25, 0.3) is 0 Å². The highest BCUT2D eigenvalue weighted by molar-refractivity contribution is 7.81. The second kappa shape index (κ2) is 15.4. The number of thiol groups is 1. The van der Waals surface area contributed by atoms with E-state index in [0.717, 1.165) is 44.1 Å². The number of rotatable bonds is 15. The molecule has 10 heteroatoms. The molecule has 0 aliphatic rings. The predicted octanol–water partition coefficient (Wildman–Crippen LogP) is 6.84. The van der Waals surface area contributed by atoms with E-state index in [0.29, 0.717) is 0 Å². The highest BCUT2D eigenvalue weighted by atomic mass is 32.1. The lowest BCUT2D eigenvalue weighted by Gasteiger charge is -2.13. The number of hydrogen-bond donors (Lipinski definition) is 3. The topological polar surface area (TPSA) is 102 Å². The molecule has 0 aromatic heterocycles. The van der Waals surface area contributed by atoms with Crippen molar-refractivity contribution < 1.29 is 31.7 Å². The number of hydrogen-bond acceptors (Lipinski definition) is 6. The Morgan fingerprint density at radius 3 is 2.03 bits per heavy atom. The Labute approximate surface area is 180 Å². The van der Waals surface area contributed by atoms with Gasteiger partial charge in [0.05, 0.1) is 6.61 Å². The zero-order valence-corrected chi connectivity index (χ0v) is 20.3. The lowest BCUT2D eigenvalue weighted by Crippen LogP contribution is -1.95. The summed E-state index contributed by atoms with van der Waals surface area (Å²) in [4.78, 5) is 18.3. The first-order valence-electron chi connectivity index (χ1n) is 9.41. The van der Waals surface area contributed by atoms with Gasteiger partial charge in [-0.3, -0.25) is 4.52 Å². The Balaban J connectivity index is 4.12. The molecule has 2 atom stereocenters. The molecule has 0 saturated carbocycles. The first kappa shape index (κ1) is 28.6. The van der Waals surface area contributed by atoms with Crippen LogP contribution in [0.25, 0.3) is 0 Å². The van der Waals surface area contributed by atoms with Gasteiger partial charge in [0.1, 0.15) is 0 Å². The number of allylic oxidation sites excluding steroid dienone is 7. The SMILES string of the molecule is CC(C)=CCCC=CCC/C(C)=C\CC/C(C)=C\COP(=O)(O)OP(=O)(O)OS. The molecule has 0 aromatic rings. The maximum Gasteiger partial charge on any atom is 0.492 e. The normalized spacial score (nSPS) is 17.2. The maximum atomic E-state index is 11.5. The van der Waals surface area contributed by atoms with Gasteiger partial charge in [-0.05, 0) is 79.1 Å². The van der Waals surface area contributed by atoms with Crippen LogP contribution in [0.5, 0.6) is 0 Å². The highest BCUT2D eigenvalue weighted by Gasteiger charge is 2.34. The second-order valence-corrected chi connectivity index (χ2v) is 10.3. The largest absolute Gasteiger partial charge is 0.492 e. The molecule has 0 bridgehead atoms. The van der Waals surface area contributed by atoms with Crippen molar-refractivity contribution in [2.45, 2.75) is 66.2 Å². The van der Waals surface area contributed by atoms with Gasteiger partial charge in [0.15, 0.2) is 0 Å². The summed E-state index contributed by atoms with van der Waals surface area (Å²) in [5.41, 5.74) is 3.64. The fraction of sp³-hybridized carbons (Fsp3) is 0.579. The van der Waals surface area contributed by atoms with Crippen molar-refractivity contribution in [1.82, 2.24) is 0 Å². The van der Waals surface area contributed by atoms with Crippen LogP contribution in [0, 0.1) is 0 Å². The Kier molecular flexibility index (Phi) is 15.2. The molecule has 0 saturated heterocycles. The fourth-order valence-electron chi connectivity index (χ4n) is 2.21. The lowest BCUT2D eigenvalue weighted by atomic mass is 10.1. The molecular formula is C19H34O7P2S. The quantitative estimate of drug-likeness (QED) is 0.0795. The third-order valence-corrected chi connectivity index (χ3v) is 6.72. The molecule has 0 fully saturated rings. The van der Waals surface area contributed by atoms with Crippen LogP contribution in [-0.2, 0) is 21.9 Å². The Bertz CT molecular complexity index is 695. The van der Waals surface area contributed by atoms with Crippen LogP contribution in [-0.4, -0.2) is 16.4 Å². The van der Waals surface area contributed by atoms with Gasteiger partial charge in [-0.25, -0.2) is 13.1 Å². The molecule has 0 heterocycles. The highest BCUT2D eigenvalue weighted by Crippen LogP contribution is 2.60. The Morgan fingerprint density at radius 1 is 0.828 bits per heavy atom. The lowest BCUT2D eigenvalue weighted by molar-refractivity contribution is 0.197. The first-order valence-corrected chi connectivity index (χ1v) is 12.8. The fourth-order valence-corrected chi connectivity index (χ4v) is 4.09. The van der Waals surface area contributed by atoms with E-state index in [1.54, 1.807) is 6.08 Å². The van der Waals surface area contributed by atoms with E-state index < -0.39 is 15.6 Å². The maximum absolute atomic E-state index is 11.5. The minimum absolute atomic E-state index is 0.230. The van der Waals surface area contributed by atoms with E-state index in [1.165, 1.54) is 11.1 Å². The zero-order valence-electron chi connectivity index (χ0n) is 17.6. The summed E-state index contributed by atoms with van der Waals surface area (Å²) in [6, 6.07) is 0. The molecule has 2 N–H and O–H groups in total. The van der Waals surface area contributed by atoms with Gasteiger partial charge < -0.3 is 9.79 Å². The summed E-state index contributed by atoms with van der Waals surface area (Å²) in [6.45, 7) is 7.97.